The lowest BCUT2D eigenvalue weighted by molar-refractivity contribution is 0.101. The third kappa shape index (κ3) is 3.12. The molecule has 0 unspecified atom stereocenters. The quantitative estimate of drug-likeness (QED) is 0.369. The Morgan fingerprint density at radius 3 is 2.83 bits per heavy atom. The van der Waals surface area contributed by atoms with Gasteiger partial charge in [0, 0.05) is 31.7 Å². The fourth-order valence-electron chi connectivity index (χ4n) is 3.99. The minimum Gasteiger partial charge on any atom is -0.487 e. The molecule has 3 aromatic rings. The molecule has 0 fully saturated rings. The van der Waals surface area contributed by atoms with Gasteiger partial charge in [0.25, 0.3) is 0 Å². The second kappa shape index (κ2) is 7.19. The van der Waals surface area contributed by atoms with E-state index in [9.17, 15) is 9.59 Å². The molecule has 1 aliphatic rings. The van der Waals surface area contributed by atoms with Gasteiger partial charge in [0.05, 0.1) is 39.7 Å². The van der Waals surface area contributed by atoms with E-state index < -0.39 is 5.54 Å². The summed E-state index contributed by atoms with van der Waals surface area (Å²) in [4.78, 5) is 29.3. The summed E-state index contributed by atoms with van der Waals surface area (Å²) in [6.07, 6.45) is 8.01. The standard InChI is InChI=1S/C22H27N5O3/c1-13-17(23)16-19-21(18(13)25-6-5-8-26-9-7-24-12-26)30-11-22(3,4)27(19)10-15(14(2)28)20(16)29/h7,9-10,12,25H,5-6,8,11,23H2,1-4H3. The van der Waals surface area contributed by atoms with Gasteiger partial charge >= 0.3 is 0 Å². The van der Waals surface area contributed by atoms with Crippen molar-refractivity contribution in [1.82, 2.24) is 14.1 Å². The molecule has 158 valence electrons. The highest BCUT2D eigenvalue weighted by atomic mass is 16.5. The Labute approximate surface area is 174 Å². The monoisotopic (exact) mass is 409 g/mol. The molecule has 0 atom stereocenters. The van der Waals surface area contributed by atoms with Crippen LogP contribution in [-0.4, -0.2) is 33.1 Å². The van der Waals surface area contributed by atoms with E-state index in [2.05, 4.69) is 10.3 Å². The zero-order valence-corrected chi connectivity index (χ0v) is 17.8. The lowest BCUT2D eigenvalue weighted by Gasteiger charge is -2.37. The number of hydrogen-bond donors (Lipinski definition) is 2. The summed E-state index contributed by atoms with van der Waals surface area (Å²) < 4.78 is 10.1. The number of Topliss-reactive ketones (excluding diaryl/α,β-unsaturated/α-hetero) is 1. The van der Waals surface area contributed by atoms with Crippen LogP contribution in [0.25, 0.3) is 10.9 Å². The van der Waals surface area contributed by atoms with Crippen molar-refractivity contribution in [3.8, 4) is 5.75 Å². The van der Waals surface area contributed by atoms with Crippen LogP contribution in [-0.2, 0) is 12.1 Å². The van der Waals surface area contributed by atoms with Crippen molar-refractivity contribution in [3.05, 3.63) is 46.3 Å². The molecular formula is C22H27N5O3. The number of carbonyl (C=O) groups is 1. The maximum absolute atomic E-state index is 13.1. The van der Waals surface area contributed by atoms with Crippen molar-refractivity contribution in [2.24, 2.45) is 0 Å². The van der Waals surface area contributed by atoms with Crippen LogP contribution in [0, 0.1) is 6.92 Å². The number of nitrogens with zero attached hydrogens (tertiary/aromatic N) is 3. The van der Waals surface area contributed by atoms with Crippen molar-refractivity contribution in [2.45, 2.75) is 46.2 Å². The first-order valence-corrected chi connectivity index (χ1v) is 10.1. The number of aromatic nitrogens is 3. The molecule has 0 aliphatic carbocycles. The molecule has 0 bridgehead atoms. The maximum Gasteiger partial charge on any atom is 0.202 e. The van der Waals surface area contributed by atoms with Crippen molar-refractivity contribution < 1.29 is 9.53 Å². The van der Waals surface area contributed by atoms with E-state index >= 15 is 0 Å². The molecule has 0 saturated heterocycles. The average Bonchev–Trinajstić information content (AvgIpc) is 3.20. The van der Waals surface area contributed by atoms with Crippen LogP contribution in [0.4, 0.5) is 11.4 Å². The molecule has 0 amide bonds. The molecule has 1 aromatic carbocycles. The van der Waals surface area contributed by atoms with Crippen molar-refractivity contribution in [3.63, 3.8) is 0 Å². The molecule has 1 aliphatic heterocycles. The highest BCUT2D eigenvalue weighted by Gasteiger charge is 2.34. The summed E-state index contributed by atoms with van der Waals surface area (Å²) in [6, 6.07) is 0. The predicted octanol–water partition coefficient (Wildman–Crippen LogP) is 2.92. The van der Waals surface area contributed by atoms with Crippen LogP contribution in [0.3, 0.4) is 0 Å². The van der Waals surface area contributed by atoms with Gasteiger partial charge in [-0.15, -0.1) is 0 Å². The number of anilines is 2. The summed E-state index contributed by atoms with van der Waals surface area (Å²) in [6.45, 7) is 9.27. The Balaban J connectivity index is 1.83. The molecule has 3 N–H and O–H groups in total. The summed E-state index contributed by atoms with van der Waals surface area (Å²) in [5.74, 6) is 0.346. The first-order valence-electron chi connectivity index (χ1n) is 10.1. The molecule has 30 heavy (non-hydrogen) atoms. The third-order valence-corrected chi connectivity index (χ3v) is 5.75. The number of imidazole rings is 1. The number of rotatable bonds is 6. The first kappa shape index (κ1) is 20.0. The number of nitrogens with one attached hydrogen (secondary N) is 1. The van der Waals surface area contributed by atoms with Crippen molar-refractivity contribution >= 4 is 28.1 Å². The average molecular weight is 409 g/mol. The second-order valence-corrected chi connectivity index (χ2v) is 8.45. The number of benzene rings is 1. The van der Waals surface area contributed by atoms with E-state index in [4.69, 9.17) is 10.5 Å². The minimum absolute atomic E-state index is 0.149. The molecule has 3 heterocycles. The Hall–Kier alpha value is -3.29. The third-order valence-electron chi connectivity index (χ3n) is 5.75. The van der Waals surface area contributed by atoms with Gasteiger partial charge in [0.1, 0.15) is 6.61 Å². The topological polar surface area (TPSA) is 104 Å². The van der Waals surface area contributed by atoms with Crippen LogP contribution in [0.15, 0.2) is 29.7 Å². The number of ketones is 1. The fourth-order valence-corrected chi connectivity index (χ4v) is 3.99. The van der Waals surface area contributed by atoms with Gasteiger partial charge in [0.15, 0.2) is 11.5 Å². The van der Waals surface area contributed by atoms with Gasteiger partial charge in [-0.3, -0.25) is 9.59 Å². The van der Waals surface area contributed by atoms with Gasteiger partial charge in [-0.05, 0) is 39.7 Å². The number of nitrogen functional groups attached to an aromatic ring is 1. The molecular weight excluding hydrogens is 382 g/mol. The van der Waals surface area contributed by atoms with Crippen LogP contribution in [0.1, 0.15) is 43.1 Å². The fraction of sp³-hybridized carbons (Fsp3) is 0.409. The van der Waals surface area contributed by atoms with E-state index in [1.165, 1.54) is 6.92 Å². The van der Waals surface area contributed by atoms with Gasteiger partial charge in [-0.25, -0.2) is 4.98 Å². The number of hydrogen-bond acceptors (Lipinski definition) is 6. The minimum atomic E-state index is -0.427. The number of carbonyl (C=O) groups excluding carboxylic acids is 1. The highest BCUT2D eigenvalue weighted by Crippen LogP contribution is 2.44. The molecule has 0 radical (unpaired) electrons. The Morgan fingerprint density at radius 2 is 2.17 bits per heavy atom. The molecule has 2 aromatic heterocycles. The Bertz CT molecular complexity index is 1190. The maximum atomic E-state index is 13.1. The Morgan fingerprint density at radius 1 is 1.40 bits per heavy atom. The van der Waals surface area contributed by atoms with Gasteiger partial charge < -0.3 is 24.9 Å². The lowest BCUT2D eigenvalue weighted by atomic mass is 9.96. The van der Waals surface area contributed by atoms with Gasteiger partial charge in [-0.2, -0.15) is 0 Å². The molecule has 0 spiro atoms. The van der Waals surface area contributed by atoms with Crippen LogP contribution < -0.4 is 21.2 Å². The number of aryl methyl sites for hydroxylation is 1. The van der Waals surface area contributed by atoms with Crippen molar-refractivity contribution in [2.75, 3.05) is 24.2 Å². The largest absolute Gasteiger partial charge is 0.487 e. The summed E-state index contributed by atoms with van der Waals surface area (Å²) in [7, 11) is 0. The normalized spacial score (nSPS) is 14.5. The molecule has 4 rings (SSSR count). The molecule has 8 nitrogen and oxygen atoms in total. The lowest BCUT2D eigenvalue weighted by Crippen LogP contribution is -2.39. The Kier molecular flexibility index (Phi) is 4.80. The van der Waals surface area contributed by atoms with E-state index in [-0.39, 0.29) is 16.8 Å². The van der Waals surface area contributed by atoms with E-state index in [0.29, 0.717) is 35.5 Å². The number of ether oxygens (including phenoxy) is 1. The molecule has 8 heteroatoms. The highest BCUT2D eigenvalue weighted by molar-refractivity contribution is 6.05. The molecule has 0 saturated carbocycles. The van der Waals surface area contributed by atoms with Crippen LogP contribution in [0.5, 0.6) is 5.75 Å². The summed E-state index contributed by atoms with van der Waals surface area (Å²) >= 11 is 0. The van der Waals surface area contributed by atoms with Crippen LogP contribution in [0.2, 0.25) is 0 Å². The smallest absolute Gasteiger partial charge is 0.202 e. The van der Waals surface area contributed by atoms with Crippen LogP contribution >= 0.6 is 0 Å². The van der Waals surface area contributed by atoms with E-state index in [0.717, 1.165) is 24.2 Å². The van der Waals surface area contributed by atoms with E-state index in [1.54, 1.807) is 18.7 Å². The van der Waals surface area contributed by atoms with Crippen molar-refractivity contribution in [1.29, 1.82) is 0 Å². The second-order valence-electron chi connectivity index (χ2n) is 8.45. The van der Waals surface area contributed by atoms with Gasteiger partial charge in [0.2, 0.25) is 5.43 Å². The number of pyridine rings is 1. The van der Waals surface area contributed by atoms with E-state index in [1.807, 2.05) is 36.1 Å². The van der Waals surface area contributed by atoms with Gasteiger partial charge in [-0.1, -0.05) is 0 Å². The summed E-state index contributed by atoms with van der Waals surface area (Å²) in [5.41, 5.74) is 8.39. The first-order chi connectivity index (χ1) is 14.2. The predicted molar refractivity (Wildman–Crippen MR) is 118 cm³/mol. The number of nitrogens with two attached hydrogens (primary N) is 1. The SMILES string of the molecule is CC(=O)c1cn2c3c(c(NCCCn4ccnc4)c(C)c(N)c3c1=O)OCC2(C)C. The zero-order valence-electron chi connectivity index (χ0n) is 17.8. The zero-order chi connectivity index (χ0) is 21.6. The summed E-state index contributed by atoms with van der Waals surface area (Å²) in [5, 5.41) is 3.81.